The quantitative estimate of drug-likeness (QED) is 0.434. The molecule has 1 aromatic rings. The summed E-state index contributed by atoms with van der Waals surface area (Å²) in [6.07, 6.45) is 2.07. The number of guanidine groups is 1. The number of halogens is 1. The highest BCUT2D eigenvalue weighted by Gasteiger charge is 2.15. The molecule has 5 nitrogen and oxygen atoms in total. The second-order valence-corrected chi connectivity index (χ2v) is 6.08. The molecule has 0 saturated carbocycles. The molecule has 1 aliphatic heterocycles. The van der Waals surface area contributed by atoms with Gasteiger partial charge in [-0.05, 0) is 30.5 Å². The van der Waals surface area contributed by atoms with Crippen LogP contribution in [0.3, 0.4) is 0 Å². The zero-order chi connectivity index (χ0) is 16.3. The van der Waals surface area contributed by atoms with E-state index in [1.54, 1.807) is 7.05 Å². The van der Waals surface area contributed by atoms with Gasteiger partial charge in [0.25, 0.3) is 0 Å². The third-order valence-electron chi connectivity index (χ3n) is 3.71. The van der Waals surface area contributed by atoms with E-state index in [0.717, 1.165) is 62.4 Å². The van der Waals surface area contributed by atoms with Gasteiger partial charge in [-0.15, -0.1) is 0 Å². The van der Waals surface area contributed by atoms with Crippen molar-refractivity contribution in [3.8, 4) is 0 Å². The van der Waals surface area contributed by atoms with Crippen LogP contribution in [-0.2, 0) is 16.0 Å². The van der Waals surface area contributed by atoms with Gasteiger partial charge in [-0.1, -0.05) is 23.7 Å². The van der Waals surface area contributed by atoms with Gasteiger partial charge in [-0.2, -0.15) is 0 Å². The molecule has 0 aliphatic carbocycles. The minimum absolute atomic E-state index is 0.579. The Morgan fingerprint density at radius 3 is 3.09 bits per heavy atom. The number of ether oxygens (including phenoxy) is 2. The van der Waals surface area contributed by atoms with Crippen molar-refractivity contribution in [2.45, 2.75) is 19.4 Å². The standard InChI is InChI=1S/C17H26ClN3O2/c1-19-17(21-11-14-4-2-5-16(18)10-14)20-7-3-8-22-12-15-6-9-23-13-15/h2,4-5,10,15H,3,6-9,11-13H2,1H3,(H2,19,20,21). The normalized spacial score (nSPS) is 18.2. The predicted molar refractivity (Wildman–Crippen MR) is 94.0 cm³/mol. The fourth-order valence-electron chi connectivity index (χ4n) is 2.40. The fourth-order valence-corrected chi connectivity index (χ4v) is 2.61. The molecule has 1 heterocycles. The van der Waals surface area contributed by atoms with Crippen molar-refractivity contribution < 1.29 is 9.47 Å². The third kappa shape index (κ3) is 7.20. The van der Waals surface area contributed by atoms with Crippen molar-refractivity contribution in [1.29, 1.82) is 0 Å². The number of nitrogens with zero attached hydrogens (tertiary/aromatic N) is 1. The van der Waals surface area contributed by atoms with E-state index >= 15 is 0 Å². The highest BCUT2D eigenvalue weighted by atomic mass is 35.5. The first-order valence-corrected chi connectivity index (χ1v) is 8.50. The van der Waals surface area contributed by atoms with Gasteiger partial charge in [-0.25, -0.2) is 0 Å². The van der Waals surface area contributed by atoms with Crippen LogP contribution in [0, 0.1) is 5.92 Å². The largest absolute Gasteiger partial charge is 0.381 e. The van der Waals surface area contributed by atoms with Gasteiger partial charge >= 0.3 is 0 Å². The zero-order valence-electron chi connectivity index (χ0n) is 13.7. The number of rotatable bonds is 8. The molecule has 6 heteroatoms. The van der Waals surface area contributed by atoms with Crippen LogP contribution in [0.2, 0.25) is 5.02 Å². The lowest BCUT2D eigenvalue weighted by Gasteiger charge is -2.13. The number of aliphatic imine (C=N–C) groups is 1. The lowest BCUT2D eigenvalue weighted by molar-refractivity contribution is 0.0888. The van der Waals surface area contributed by atoms with E-state index in [9.17, 15) is 0 Å². The molecule has 1 unspecified atom stereocenters. The van der Waals surface area contributed by atoms with Crippen molar-refractivity contribution in [3.05, 3.63) is 34.9 Å². The molecule has 1 aromatic carbocycles. The summed E-state index contributed by atoms with van der Waals surface area (Å²) in [5, 5.41) is 7.30. The first-order chi connectivity index (χ1) is 11.3. The average Bonchev–Trinajstić information content (AvgIpc) is 3.07. The van der Waals surface area contributed by atoms with Crippen LogP contribution in [-0.4, -0.2) is 46.0 Å². The highest BCUT2D eigenvalue weighted by Crippen LogP contribution is 2.12. The second kappa shape index (κ2) is 10.5. The summed E-state index contributed by atoms with van der Waals surface area (Å²) in [4.78, 5) is 4.21. The van der Waals surface area contributed by atoms with Gasteiger partial charge in [0.05, 0.1) is 13.2 Å². The molecule has 2 N–H and O–H groups in total. The maximum atomic E-state index is 5.98. The van der Waals surface area contributed by atoms with Gasteiger partial charge in [0, 0.05) is 44.3 Å². The van der Waals surface area contributed by atoms with Crippen molar-refractivity contribution in [2.24, 2.45) is 10.9 Å². The average molecular weight is 340 g/mol. The molecule has 0 amide bonds. The number of hydrogen-bond donors (Lipinski definition) is 2. The predicted octanol–water partition coefficient (Wildman–Crippen LogP) is 2.45. The smallest absolute Gasteiger partial charge is 0.191 e. The molecule has 23 heavy (non-hydrogen) atoms. The molecule has 0 aromatic heterocycles. The molecular formula is C17H26ClN3O2. The topological polar surface area (TPSA) is 54.9 Å². The van der Waals surface area contributed by atoms with E-state index in [1.807, 2.05) is 24.3 Å². The maximum Gasteiger partial charge on any atom is 0.191 e. The van der Waals surface area contributed by atoms with Crippen molar-refractivity contribution in [3.63, 3.8) is 0 Å². The second-order valence-electron chi connectivity index (χ2n) is 5.64. The minimum Gasteiger partial charge on any atom is -0.381 e. The van der Waals surface area contributed by atoms with Gasteiger partial charge in [0.1, 0.15) is 0 Å². The Morgan fingerprint density at radius 1 is 1.43 bits per heavy atom. The molecule has 0 bridgehead atoms. The van der Waals surface area contributed by atoms with Gasteiger partial charge in [-0.3, -0.25) is 4.99 Å². The van der Waals surface area contributed by atoms with Crippen LogP contribution in [0.15, 0.2) is 29.3 Å². The van der Waals surface area contributed by atoms with Crippen LogP contribution in [0.4, 0.5) is 0 Å². The molecule has 0 radical (unpaired) electrons. The maximum absolute atomic E-state index is 5.98. The van der Waals surface area contributed by atoms with Crippen LogP contribution in [0.5, 0.6) is 0 Å². The summed E-state index contributed by atoms with van der Waals surface area (Å²) in [7, 11) is 1.77. The van der Waals surface area contributed by atoms with Gasteiger partial charge < -0.3 is 20.1 Å². The van der Waals surface area contributed by atoms with Crippen molar-refractivity contribution in [1.82, 2.24) is 10.6 Å². The number of nitrogens with one attached hydrogen (secondary N) is 2. The van der Waals surface area contributed by atoms with E-state index in [-0.39, 0.29) is 0 Å². The van der Waals surface area contributed by atoms with Gasteiger partial charge in [0.15, 0.2) is 5.96 Å². The Morgan fingerprint density at radius 2 is 2.35 bits per heavy atom. The summed E-state index contributed by atoms with van der Waals surface area (Å²) in [5.74, 6) is 1.37. The van der Waals surface area contributed by atoms with E-state index in [2.05, 4.69) is 15.6 Å². The van der Waals surface area contributed by atoms with Crippen molar-refractivity contribution in [2.75, 3.05) is 40.0 Å². The molecule has 1 aliphatic rings. The Bertz CT molecular complexity index is 490. The van der Waals surface area contributed by atoms with E-state index in [1.165, 1.54) is 0 Å². The Kier molecular flexibility index (Phi) is 8.21. The van der Waals surface area contributed by atoms with E-state index < -0.39 is 0 Å². The SMILES string of the molecule is CN=C(NCCCOCC1CCOC1)NCc1cccc(Cl)c1. The molecular weight excluding hydrogens is 314 g/mol. The summed E-state index contributed by atoms with van der Waals surface area (Å²) in [6.45, 7) is 4.81. The van der Waals surface area contributed by atoms with E-state index in [4.69, 9.17) is 21.1 Å². The first-order valence-electron chi connectivity index (χ1n) is 8.12. The summed E-state index contributed by atoms with van der Waals surface area (Å²) in [5.41, 5.74) is 1.13. The summed E-state index contributed by atoms with van der Waals surface area (Å²) in [6, 6.07) is 7.80. The van der Waals surface area contributed by atoms with Gasteiger partial charge in [0.2, 0.25) is 0 Å². The number of benzene rings is 1. The molecule has 2 rings (SSSR count). The Labute approximate surface area is 143 Å². The fraction of sp³-hybridized carbons (Fsp3) is 0.588. The molecule has 0 spiro atoms. The molecule has 1 fully saturated rings. The van der Waals surface area contributed by atoms with Crippen LogP contribution in [0.25, 0.3) is 0 Å². The minimum atomic E-state index is 0.579. The van der Waals surface area contributed by atoms with Crippen molar-refractivity contribution >= 4 is 17.6 Å². The molecule has 1 saturated heterocycles. The summed E-state index contributed by atoms with van der Waals surface area (Å²) >= 11 is 5.98. The molecule has 128 valence electrons. The zero-order valence-corrected chi connectivity index (χ0v) is 14.4. The lowest BCUT2D eigenvalue weighted by atomic mass is 10.1. The Hall–Kier alpha value is -1.30. The first kappa shape index (κ1) is 18.0. The number of hydrogen-bond acceptors (Lipinski definition) is 3. The highest BCUT2D eigenvalue weighted by molar-refractivity contribution is 6.30. The third-order valence-corrected chi connectivity index (χ3v) is 3.94. The van der Waals surface area contributed by atoms with Crippen LogP contribution < -0.4 is 10.6 Å². The van der Waals surface area contributed by atoms with Crippen LogP contribution >= 0.6 is 11.6 Å². The lowest BCUT2D eigenvalue weighted by Crippen LogP contribution is -2.37. The van der Waals surface area contributed by atoms with Crippen LogP contribution in [0.1, 0.15) is 18.4 Å². The Balaban J connectivity index is 1.54. The van der Waals surface area contributed by atoms with E-state index in [0.29, 0.717) is 12.5 Å². The summed E-state index contributed by atoms with van der Waals surface area (Å²) < 4.78 is 11.0. The monoisotopic (exact) mass is 339 g/mol. The molecule has 1 atom stereocenters.